The van der Waals surface area contributed by atoms with Crippen molar-refractivity contribution >= 4 is 23.1 Å². The molecule has 1 heterocycles. The van der Waals surface area contributed by atoms with E-state index in [9.17, 15) is 0 Å². The lowest BCUT2D eigenvalue weighted by molar-refractivity contribution is 0.559. The molecule has 0 saturated heterocycles. The van der Waals surface area contributed by atoms with Crippen LogP contribution in [-0.4, -0.2) is 0 Å². The zero-order valence-electron chi connectivity index (χ0n) is 21.2. The molecule has 0 aliphatic carbocycles. The lowest BCUT2D eigenvalue weighted by Crippen LogP contribution is -2.22. The van der Waals surface area contributed by atoms with E-state index in [-0.39, 0.29) is 21.7 Å². The number of hydrogen-bond acceptors (Lipinski definition) is 2. The number of anilines is 2. The molecule has 0 atom stereocenters. The fraction of sp³-hybridized carbons (Fsp3) is 0.571. The Hall–Kier alpha value is -1.41. The summed E-state index contributed by atoms with van der Waals surface area (Å²) in [5.74, 6) is 0. The smallest absolute Gasteiger partial charge is 0.0564 e. The van der Waals surface area contributed by atoms with Crippen molar-refractivity contribution in [3.63, 3.8) is 0 Å². The number of hydrogen-bond donors (Lipinski definition) is 1. The molecular formula is C28H41NS. The third-order valence-electron chi connectivity index (χ3n) is 6.01. The SMILES string of the molecule is CC(C)(C)c1cc2c(c(C(C)(C)C)c1)Nc1cc(C(C)(C)C)cc(C(C)(C)C)c1S2. The maximum Gasteiger partial charge on any atom is 0.0564 e. The quantitative estimate of drug-likeness (QED) is 0.387. The number of rotatable bonds is 0. The lowest BCUT2D eigenvalue weighted by Gasteiger charge is -2.35. The molecule has 164 valence electrons. The van der Waals surface area contributed by atoms with Gasteiger partial charge in [0.25, 0.3) is 0 Å². The highest BCUT2D eigenvalue weighted by Crippen LogP contribution is 2.53. The van der Waals surface area contributed by atoms with Crippen LogP contribution in [0, 0.1) is 0 Å². The molecule has 2 aromatic rings. The van der Waals surface area contributed by atoms with E-state index in [4.69, 9.17) is 0 Å². The first-order valence-electron chi connectivity index (χ1n) is 11.2. The number of nitrogens with one attached hydrogen (secondary N) is 1. The van der Waals surface area contributed by atoms with Gasteiger partial charge in [-0.2, -0.15) is 0 Å². The van der Waals surface area contributed by atoms with Crippen LogP contribution >= 0.6 is 11.8 Å². The van der Waals surface area contributed by atoms with Crippen molar-refractivity contribution in [3.8, 4) is 0 Å². The molecule has 0 aromatic heterocycles. The molecule has 2 heteroatoms. The zero-order valence-corrected chi connectivity index (χ0v) is 22.0. The Morgan fingerprint density at radius 3 is 1.50 bits per heavy atom. The van der Waals surface area contributed by atoms with E-state index in [1.54, 1.807) is 0 Å². The van der Waals surface area contributed by atoms with Crippen LogP contribution in [0.3, 0.4) is 0 Å². The van der Waals surface area contributed by atoms with Gasteiger partial charge in [-0.25, -0.2) is 0 Å². The van der Waals surface area contributed by atoms with Gasteiger partial charge in [0, 0.05) is 9.79 Å². The minimum Gasteiger partial charge on any atom is -0.353 e. The van der Waals surface area contributed by atoms with Crippen LogP contribution in [0.15, 0.2) is 34.1 Å². The molecule has 1 aliphatic heterocycles. The Kier molecular flexibility index (Phi) is 5.47. The van der Waals surface area contributed by atoms with E-state index < -0.39 is 0 Å². The van der Waals surface area contributed by atoms with Crippen molar-refractivity contribution in [1.82, 2.24) is 0 Å². The van der Waals surface area contributed by atoms with E-state index >= 15 is 0 Å². The van der Waals surface area contributed by atoms with Gasteiger partial charge in [0.15, 0.2) is 0 Å². The molecule has 0 spiro atoms. The van der Waals surface area contributed by atoms with Gasteiger partial charge in [-0.15, -0.1) is 0 Å². The summed E-state index contributed by atoms with van der Waals surface area (Å²) >= 11 is 1.95. The van der Waals surface area contributed by atoms with Crippen LogP contribution < -0.4 is 5.32 Å². The molecular weight excluding hydrogens is 382 g/mol. The lowest BCUT2D eigenvalue weighted by atomic mass is 9.79. The molecule has 1 N–H and O–H groups in total. The van der Waals surface area contributed by atoms with Gasteiger partial charge < -0.3 is 5.32 Å². The highest BCUT2D eigenvalue weighted by atomic mass is 32.2. The summed E-state index contributed by atoms with van der Waals surface area (Å²) in [6.45, 7) is 27.8. The predicted octanol–water partition coefficient (Wildman–Crippen LogP) is 9.08. The first kappa shape index (κ1) is 23.3. The van der Waals surface area contributed by atoms with Crippen molar-refractivity contribution in [2.24, 2.45) is 0 Å². The Labute approximate surface area is 189 Å². The molecule has 0 unspecified atom stereocenters. The van der Waals surface area contributed by atoms with E-state index in [2.05, 4.69) is 113 Å². The summed E-state index contributed by atoms with van der Waals surface area (Å²) in [5, 5.41) is 3.90. The summed E-state index contributed by atoms with van der Waals surface area (Å²) in [4.78, 5) is 2.74. The molecule has 2 aromatic carbocycles. The van der Waals surface area contributed by atoms with Crippen LogP contribution in [0.5, 0.6) is 0 Å². The van der Waals surface area contributed by atoms with E-state index in [0.717, 1.165) is 0 Å². The standard InChI is InChI=1S/C28H41NS/c1-25(2,3)17-14-20(28(10,11)12)24-21(15-17)29-23-19(27(7,8)9)13-18(26(4,5)6)16-22(23)30-24/h13-16,29H,1-12H3. The minimum atomic E-state index is 0.0743. The molecule has 0 saturated carbocycles. The first-order valence-corrected chi connectivity index (χ1v) is 12.0. The van der Waals surface area contributed by atoms with Crippen molar-refractivity contribution in [1.29, 1.82) is 0 Å². The van der Waals surface area contributed by atoms with E-state index in [1.165, 1.54) is 43.4 Å². The van der Waals surface area contributed by atoms with Crippen molar-refractivity contribution < 1.29 is 0 Å². The Balaban J connectivity index is 2.29. The number of benzene rings is 2. The minimum absolute atomic E-state index is 0.0743. The normalized spacial score (nSPS) is 14.8. The summed E-state index contributed by atoms with van der Waals surface area (Å²) in [6, 6.07) is 9.66. The topological polar surface area (TPSA) is 12.0 Å². The molecule has 30 heavy (non-hydrogen) atoms. The van der Waals surface area contributed by atoms with Gasteiger partial charge in [-0.3, -0.25) is 0 Å². The molecule has 0 fully saturated rings. The fourth-order valence-corrected chi connectivity index (χ4v) is 5.28. The molecule has 0 amide bonds. The Morgan fingerprint density at radius 2 is 1.03 bits per heavy atom. The number of fused-ring (bicyclic) bond motifs is 2. The van der Waals surface area contributed by atoms with Gasteiger partial charge in [-0.05, 0) is 56.0 Å². The third kappa shape index (κ3) is 4.44. The Bertz CT molecular complexity index is 889. The van der Waals surface area contributed by atoms with Crippen LogP contribution in [0.1, 0.15) is 105 Å². The van der Waals surface area contributed by atoms with Crippen molar-refractivity contribution in [2.75, 3.05) is 5.32 Å². The van der Waals surface area contributed by atoms with Gasteiger partial charge in [0.05, 0.1) is 11.4 Å². The summed E-state index contributed by atoms with van der Waals surface area (Å²) < 4.78 is 0. The molecule has 1 aliphatic rings. The van der Waals surface area contributed by atoms with Gasteiger partial charge in [-0.1, -0.05) is 107 Å². The largest absolute Gasteiger partial charge is 0.353 e. The predicted molar refractivity (Wildman–Crippen MR) is 135 cm³/mol. The van der Waals surface area contributed by atoms with Crippen LogP contribution in [-0.2, 0) is 21.7 Å². The highest BCUT2D eigenvalue weighted by Gasteiger charge is 2.32. The third-order valence-corrected chi connectivity index (χ3v) is 7.20. The van der Waals surface area contributed by atoms with Gasteiger partial charge in [0.2, 0.25) is 0 Å². The van der Waals surface area contributed by atoms with Crippen molar-refractivity contribution in [3.05, 3.63) is 46.5 Å². The van der Waals surface area contributed by atoms with Crippen molar-refractivity contribution in [2.45, 2.75) is 115 Å². The average Bonchev–Trinajstić information content (AvgIpc) is 2.54. The van der Waals surface area contributed by atoms with Crippen LogP contribution in [0.25, 0.3) is 0 Å². The zero-order chi connectivity index (χ0) is 22.9. The Morgan fingerprint density at radius 1 is 0.567 bits per heavy atom. The maximum absolute atomic E-state index is 3.90. The molecule has 1 nitrogen and oxygen atoms in total. The van der Waals surface area contributed by atoms with Gasteiger partial charge >= 0.3 is 0 Å². The second kappa shape index (κ2) is 7.05. The highest BCUT2D eigenvalue weighted by molar-refractivity contribution is 7.99. The maximum atomic E-state index is 3.90. The molecule has 3 rings (SSSR count). The second-order valence-electron chi connectivity index (χ2n) is 13.0. The molecule has 0 bridgehead atoms. The first-order chi connectivity index (χ1) is 13.4. The van der Waals surface area contributed by atoms with E-state index in [0.29, 0.717) is 0 Å². The second-order valence-corrected chi connectivity index (χ2v) is 14.1. The molecule has 0 radical (unpaired) electrons. The van der Waals surface area contributed by atoms with E-state index in [1.807, 2.05) is 11.8 Å². The van der Waals surface area contributed by atoms with Gasteiger partial charge in [0.1, 0.15) is 0 Å². The van der Waals surface area contributed by atoms with Crippen LogP contribution in [0.4, 0.5) is 11.4 Å². The monoisotopic (exact) mass is 423 g/mol. The summed E-state index contributed by atoms with van der Waals surface area (Å²) in [7, 11) is 0. The fourth-order valence-electron chi connectivity index (χ4n) is 3.92. The summed E-state index contributed by atoms with van der Waals surface area (Å²) in [5.41, 5.74) is 8.60. The summed E-state index contributed by atoms with van der Waals surface area (Å²) in [6.07, 6.45) is 0. The average molecular weight is 424 g/mol. The van der Waals surface area contributed by atoms with Crippen LogP contribution in [0.2, 0.25) is 0 Å².